The SMILES string of the molecule is CC[Si](C#Cc1c2cc3ccsc3cc2c(C#C[Si](CC)(CC)CC)c2cc3sc(Br)cc3cc12)(CC)CC. The van der Waals surface area contributed by atoms with Gasteiger partial charge in [-0.05, 0) is 116 Å². The minimum absolute atomic E-state index is 1.17. The van der Waals surface area contributed by atoms with Crippen molar-refractivity contribution < 1.29 is 0 Å². The summed E-state index contributed by atoms with van der Waals surface area (Å²) in [5.41, 5.74) is 10.3. The number of benzene rings is 3. The maximum Gasteiger partial charge on any atom is 0.138 e. The molecule has 0 aliphatic heterocycles. The molecule has 2 aromatic heterocycles. The van der Waals surface area contributed by atoms with Crippen LogP contribution in [0.4, 0.5) is 0 Å². The monoisotopic (exact) mass is 644 g/mol. The molecule has 0 aliphatic rings. The average molecular weight is 646 g/mol. The van der Waals surface area contributed by atoms with Crippen LogP contribution in [0, 0.1) is 22.9 Å². The van der Waals surface area contributed by atoms with Crippen LogP contribution in [0.25, 0.3) is 41.7 Å². The van der Waals surface area contributed by atoms with Crippen molar-refractivity contribution in [3.05, 3.63) is 56.7 Å². The Labute approximate surface area is 252 Å². The van der Waals surface area contributed by atoms with E-state index >= 15 is 0 Å². The molecule has 0 N–H and O–H groups in total. The van der Waals surface area contributed by atoms with Gasteiger partial charge in [-0.2, -0.15) is 0 Å². The Morgan fingerprint density at radius 2 is 1.08 bits per heavy atom. The fraction of sp³-hybridized carbons (Fsp3) is 0.353. The van der Waals surface area contributed by atoms with Crippen molar-refractivity contribution in [2.24, 2.45) is 0 Å². The molecule has 3 aromatic carbocycles. The van der Waals surface area contributed by atoms with Gasteiger partial charge < -0.3 is 0 Å². The molecule has 5 rings (SSSR count). The van der Waals surface area contributed by atoms with E-state index in [2.05, 4.69) is 122 Å². The van der Waals surface area contributed by atoms with Crippen LogP contribution < -0.4 is 0 Å². The number of halogens is 1. The van der Waals surface area contributed by atoms with E-state index in [-0.39, 0.29) is 0 Å². The van der Waals surface area contributed by atoms with Crippen LogP contribution in [0.1, 0.15) is 52.7 Å². The van der Waals surface area contributed by atoms with Crippen molar-refractivity contribution in [3.8, 4) is 22.9 Å². The maximum atomic E-state index is 3.94. The Morgan fingerprint density at radius 1 is 0.615 bits per heavy atom. The Balaban J connectivity index is 1.97. The van der Waals surface area contributed by atoms with Crippen molar-refractivity contribution >= 4 is 96.5 Å². The quantitative estimate of drug-likeness (QED) is 0.0979. The van der Waals surface area contributed by atoms with Crippen LogP contribution in [0.3, 0.4) is 0 Å². The van der Waals surface area contributed by atoms with Gasteiger partial charge in [0, 0.05) is 31.3 Å². The summed E-state index contributed by atoms with van der Waals surface area (Å²) in [7, 11) is -3.24. The molecule has 0 fully saturated rings. The molecule has 5 aromatic rings. The second kappa shape index (κ2) is 11.6. The summed E-state index contributed by atoms with van der Waals surface area (Å²) in [6.45, 7) is 14.1. The topological polar surface area (TPSA) is 0 Å². The number of hydrogen-bond donors (Lipinski definition) is 0. The molecule has 0 saturated carbocycles. The summed E-state index contributed by atoms with van der Waals surface area (Å²) in [5.74, 6) is 7.71. The van der Waals surface area contributed by atoms with E-state index in [1.807, 2.05) is 11.3 Å². The second-order valence-corrected chi connectivity index (χ2v) is 24.0. The third kappa shape index (κ3) is 5.18. The lowest BCUT2D eigenvalue weighted by Crippen LogP contribution is -2.29. The van der Waals surface area contributed by atoms with Gasteiger partial charge >= 0.3 is 0 Å². The number of rotatable bonds is 6. The van der Waals surface area contributed by atoms with Crippen LogP contribution in [0.15, 0.2) is 45.6 Å². The zero-order valence-electron chi connectivity index (χ0n) is 24.0. The van der Waals surface area contributed by atoms with Gasteiger partial charge in [0.15, 0.2) is 0 Å². The first-order valence-electron chi connectivity index (χ1n) is 14.4. The van der Waals surface area contributed by atoms with Crippen LogP contribution in [0.5, 0.6) is 0 Å². The highest BCUT2D eigenvalue weighted by atomic mass is 79.9. The minimum atomic E-state index is -1.62. The molecular formula is C34H37BrS2Si2. The fourth-order valence-electron chi connectivity index (χ4n) is 5.87. The van der Waals surface area contributed by atoms with Gasteiger partial charge in [-0.1, -0.05) is 53.4 Å². The fourth-order valence-corrected chi connectivity index (χ4v) is 13.1. The van der Waals surface area contributed by atoms with Gasteiger partial charge in [-0.15, -0.1) is 33.8 Å². The predicted octanol–water partition coefficient (Wildman–Crippen LogP) is 12.0. The molecule has 0 atom stereocenters. The summed E-state index contributed by atoms with van der Waals surface area (Å²) in [4.78, 5) is 0. The molecule has 0 amide bonds. The molecule has 0 saturated heterocycles. The zero-order valence-corrected chi connectivity index (χ0v) is 29.2. The number of thiophene rings is 2. The highest BCUT2D eigenvalue weighted by Gasteiger charge is 2.26. The van der Waals surface area contributed by atoms with Gasteiger partial charge in [0.25, 0.3) is 0 Å². The van der Waals surface area contributed by atoms with Crippen LogP contribution in [-0.2, 0) is 0 Å². The Kier molecular flexibility index (Phi) is 8.49. The van der Waals surface area contributed by atoms with Gasteiger partial charge in [0.05, 0.1) is 3.79 Å². The van der Waals surface area contributed by atoms with Crippen molar-refractivity contribution in [3.63, 3.8) is 0 Å². The third-order valence-corrected chi connectivity index (χ3v) is 21.2. The van der Waals surface area contributed by atoms with Crippen molar-refractivity contribution in [1.82, 2.24) is 0 Å². The maximum absolute atomic E-state index is 3.94. The van der Waals surface area contributed by atoms with Gasteiger partial charge in [-0.3, -0.25) is 0 Å². The predicted molar refractivity (Wildman–Crippen MR) is 188 cm³/mol. The normalized spacial score (nSPS) is 12.2. The average Bonchev–Trinajstić information content (AvgIpc) is 3.58. The van der Waals surface area contributed by atoms with Crippen LogP contribution >= 0.6 is 38.6 Å². The van der Waals surface area contributed by atoms with Crippen LogP contribution in [0.2, 0.25) is 36.3 Å². The molecule has 0 aliphatic carbocycles. The molecule has 0 spiro atoms. The van der Waals surface area contributed by atoms with E-state index in [0.29, 0.717) is 0 Å². The first kappa shape index (κ1) is 28.7. The number of hydrogen-bond acceptors (Lipinski definition) is 2. The summed E-state index contributed by atoms with van der Waals surface area (Å²) >= 11 is 7.37. The molecule has 0 nitrogen and oxygen atoms in total. The standard InChI is InChI=1S/C34H37BrS2Si2/c1-7-38(8-2,9-3)17-14-26-28-19-24-13-16-36-32(24)22-30(28)27(15-18-39(10-4,11-5)12-6)31-23-33-25(20-29(26)31)21-34(35)37-33/h13,16,19-23H,7-12H2,1-6H3. The molecule has 200 valence electrons. The van der Waals surface area contributed by atoms with Gasteiger partial charge in [0.2, 0.25) is 0 Å². The molecule has 39 heavy (non-hydrogen) atoms. The molecule has 5 heteroatoms. The van der Waals surface area contributed by atoms with E-state index < -0.39 is 16.1 Å². The first-order chi connectivity index (χ1) is 18.8. The molecule has 0 unspecified atom stereocenters. The van der Waals surface area contributed by atoms with Crippen molar-refractivity contribution in [2.45, 2.75) is 77.8 Å². The smallest absolute Gasteiger partial charge is 0.138 e. The Bertz CT molecular complexity index is 1670. The zero-order chi connectivity index (χ0) is 27.8. The molecule has 0 radical (unpaired) electrons. The van der Waals surface area contributed by atoms with E-state index in [1.54, 1.807) is 11.3 Å². The van der Waals surface area contributed by atoms with E-state index in [9.17, 15) is 0 Å². The summed E-state index contributed by atoms with van der Waals surface area (Å²) in [6, 6.07) is 21.3. The first-order valence-corrected chi connectivity index (χ1v) is 22.1. The van der Waals surface area contributed by atoms with E-state index in [4.69, 9.17) is 0 Å². The van der Waals surface area contributed by atoms with Crippen LogP contribution in [-0.4, -0.2) is 16.1 Å². The van der Waals surface area contributed by atoms with Crippen molar-refractivity contribution in [2.75, 3.05) is 0 Å². The number of fused-ring (bicyclic) bond motifs is 4. The summed E-state index contributed by atoms with van der Waals surface area (Å²) in [5, 5.41) is 9.85. The van der Waals surface area contributed by atoms with E-state index in [0.717, 1.165) is 0 Å². The Hall–Kier alpha value is -1.87. The lowest BCUT2D eigenvalue weighted by Gasteiger charge is -2.21. The van der Waals surface area contributed by atoms with Gasteiger partial charge in [-0.25, -0.2) is 0 Å². The summed E-state index contributed by atoms with van der Waals surface area (Å²) < 4.78 is 3.80. The highest BCUT2D eigenvalue weighted by Crippen LogP contribution is 2.40. The third-order valence-electron chi connectivity index (χ3n) is 9.26. The second-order valence-electron chi connectivity index (χ2n) is 10.8. The lowest BCUT2D eigenvalue weighted by molar-refractivity contribution is 1.20. The van der Waals surface area contributed by atoms with E-state index in [1.165, 1.54) is 92.9 Å². The van der Waals surface area contributed by atoms with Crippen molar-refractivity contribution in [1.29, 1.82) is 0 Å². The Morgan fingerprint density at radius 3 is 1.59 bits per heavy atom. The molecule has 0 bridgehead atoms. The lowest BCUT2D eigenvalue weighted by atomic mass is 9.91. The minimum Gasteiger partial charge on any atom is -0.144 e. The highest BCUT2D eigenvalue weighted by molar-refractivity contribution is 9.11. The van der Waals surface area contributed by atoms with Gasteiger partial charge in [0.1, 0.15) is 16.1 Å². The summed E-state index contributed by atoms with van der Waals surface area (Å²) in [6.07, 6.45) is 0. The molecule has 2 heterocycles. The molecular weight excluding hydrogens is 609 g/mol. The largest absolute Gasteiger partial charge is 0.144 e.